The molecule has 0 amide bonds. The molecule has 124 valence electrons. The van der Waals surface area contributed by atoms with Crippen molar-refractivity contribution >= 4 is 16.7 Å². The molecule has 3 heterocycles. The van der Waals surface area contributed by atoms with E-state index in [0.29, 0.717) is 35.6 Å². The number of anilines is 1. The summed E-state index contributed by atoms with van der Waals surface area (Å²) >= 11 is 0. The number of aliphatic hydroxyl groups excluding tert-OH is 1. The summed E-state index contributed by atoms with van der Waals surface area (Å²) in [4.78, 5) is 10.1. The topological polar surface area (TPSA) is 76.3 Å². The van der Waals surface area contributed by atoms with Crippen molar-refractivity contribution in [3.05, 3.63) is 42.7 Å². The summed E-state index contributed by atoms with van der Waals surface area (Å²) in [6, 6.07) is 4.73. The molecular weight excluding hydrogens is 313 g/mol. The molecule has 2 aromatic heterocycles. The van der Waals surface area contributed by atoms with Gasteiger partial charge in [-0.25, -0.2) is 14.4 Å². The van der Waals surface area contributed by atoms with Gasteiger partial charge in [0.25, 0.3) is 0 Å². The summed E-state index contributed by atoms with van der Waals surface area (Å²) < 4.78 is 21.6. The number of aliphatic hydroxyl groups is 1. The number of halogens is 1. The van der Waals surface area contributed by atoms with Crippen LogP contribution in [0.5, 0.6) is 5.75 Å². The largest absolute Gasteiger partial charge is 0.482 e. The molecule has 1 saturated heterocycles. The maximum absolute atomic E-state index is 14.2. The van der Waals surface area contributed by atoms with E-state index in [-0.39, 0.29) is 5.82 Å². The quantitative estimate of drug-likeness (QED) is 0.776. The normalized spacial score (nSPS) is 20.7. The van der Waals surface area contributed by atoms with Crippen molar-refractivity contribution in [2.75, 3.05) is 18.0 Å². The van der Waals surface area contributed by atoms with Crippen LogP contribution in [-0.4, -0.2) is 50.2 Å². The molecule has 0 aliphatic carbocycles. The van der Waals surface area contributed by atoms with Gasteiger partial charge in [-0.3, -0.25) is 4.68 Å². The first-order valence-electron chi connectivity index (χ1n) is 7.59. The van der Waals surface area contributed by atoms with E-state index in [1.165, 1.54) is 12.4 Å². The molecule has 7 nitrogen and oxygen atoms in total. The Labute approximate surface area is 137 Å². The second kappa shape index (κ2) is 5.72. The Morgan fingerprint density at radius 2 is 2.17 bits per heavy atom. The summed E-state index contributed by atoms with van der Waals surface area (Å²) in [6.07, 6.45) is 3.58. The Balaban J connectivity index is 1.62. The van der Waals surface area contributed by atoms with E-state index in [1.807, 2.05) is 4.90 Å². The number of aromatic nitrogens is 4. The first-order valence-corrected chi connectivity index (χ1v) is 7.59. The smallest absolute Gasteiger partial charge is 0.157 e. The van der Waals surface area contributed by atoms with Crippen LogP contribution in [0.3, 0.4) is 0 Å². The molecule has 0 unspecified atom stereocenters. The molecule has 8 heteroatoms. The number of hydrogen-bond acceptors (Lipinski definition) is 6. The van der Waals surface area contributed by atoms with Gasteiger partial charge in [0.1, 0.15) is 30.2 Å². The fourth-order valence-electron chi connectivity index (χ4n) is 2.97. The number of ether oxygens (including phenoxy) is 1. The number of fused-ring (bicyclic) bond motifs is 1. The molecule has 0 radical (unpaired) electrons. The second-order valence-corrected chi connectivity index (χ2v) is 5.81. The molecule has 0 spiro atoms. The highest BCUT2D eigenvalue weighted by Gasteiger charge is 2.35. The predicted octanol–water partition coefficient (Wildman–Crippen LogP) is 1.13. The van der Waals surface area contributed by atoms with Gasteiger partial charge in [-0.15, -0.1) is 0 Å². The van der Waals surface area contributed by atoms with E-state index < -0.39 is 12.2 Å². The Kier molecular flexibility index (Phi) is 3.53. The third-order valence-corrected chi connectivity index (χ3v) is 4.10. The van der Waals surface area contributed by atoms with Crippen LogP contribution in [-0.2, 0) is 7.05 Å². The highest BCUT2D eigenvalue weighted by Crippen LogP contribution is 2.29. The Morgan fingerprint density at radius 1 is 1.29 bits per heavy atom. The molecule has 1 aliphatic rings. The van der Waals surface area contributed by atoms with Crippen LogP contribution < -0.4 is 9.64 Å². The molecular formula is C16H16FN5O2. The van der Waals surface area contributed by atoms with Crippen LogP contribution in [0.1, 0.15) is 0 Å². The standard InChI is InChI=1S/C16H16FN5O2/c1-21-6-10(5-20-21)24-14-8-22(7-13(14)23)16-15-11(17)3-2-4-12(15)18-9-19-16/h2-6,9,13-14,23H,7-8H2,1H3/t13-,14-/m1/s1. The van der Waals surface area contributed by atoms with E-state index in [1.54, 1.807) is 36.3 Å². The van der Waals surface area contributed by atoms with Crippen LogP contribution in [0.15, 0.2) is 36.9 Å². The Morgan fingerprint density at radius 3 is 2.96 bits per heavy atom. The van der Waals surface area contributed by atoms with Gasteiger partial charge in [-0.05, 0) is 12.1 Å². The number of hydrogen-bond donors (Lipinski definition) is 1. The van der Waals surface area contributed by atoms with Crippen molar-refractivity contribution in [3.8, 4) is 5.75 Å². The molecule has 2 atom stereocenters. The van der Waals surface area contributed by atoms with Crippen LogP contribution in [0.25, 0.3) is 10.9 Å². The fourth-order valence-corrected chi connectivity index (χ4v) is 2.97. The fraction of sp³-hybridized carbons (Fsp3) is 0.312. The van der Waals surface area contributed by atoms with Gasteiger partial charge < -0.3 is 14.7 Å². The lowest BCUT2D eigenvalue weighted by atomic mass is 10.2. The molecule has 0 bridgehead atoms. The molecule has 4 rings (SSSR count). The summed E-state index contributed by atoms with van der Waals surface area (Å²) in [5.41, 5.74) is 0.533. The van der Waals surface area contributed by atoms with Gasteiger partial charge in [-0.2, -0.15) is 5.10 Å². The van der Waals surface area contributed by atoms with E-state index in [4.69, 9.17) is 4.74 Å². The highest BCUT2D eigenvalue weighted by molar-refractivity contribution is 5.90. The lowest BCUT2D eigenvalue weighted by Gasteiger charge is -2.18. The zero-order valence-corrected chi connectivity index (χ0v) is 13.0. The number of rotatable bonds is 3. The number of benzene rings is 1. The zero-order valence-electron chi connectivity index (χ0n) is 13.0. The first-order chi connectivity index (χ1) is 11.6. The predicted molar refractivity (Wildman–Crippen MR) is 85.3 cm³/mol. The number of nitrogens with zero attached hydrogens (tertiary/aromatic N) is 5. The maximum Gasteiger partial charge on any atom is 0.157 e. The Bertz CT molecular complexity index is 879. The van der Waals surface area contributed by atoms with Gasteiger partial charge in [-0.1, -0.05) is 6.07 Å². The molecule has 1 fully saturated rings. The van der Waals surface area contributed by atoms with Crippen molar-refractivity contribution < 1.29 is 14.2 Å². The van der Waals surface area contributed by atoms with E-state index in [0.717, 1.165) is 0 Å². The minimum Gasteiger partial charge on any atom is -0.482 e. The van der Waals surface area contributed by atoms with Crippen molar-refractivity contribution in [2.45, 2.75) is 12.2 Å². The minimum atomic E-state index is -0.706. The van der Waals surface area contributed by atoms with Crippen molar-refractivity contribution in [2.24, 2.45) is 7.05 Å². The highest BCUT2D eigenvalue weighted by atomic mass is 19.1. The van der Waals surface area contributed by atoms with Crippen LogP contribution in [0.4, 0.5) is 10.2 Å². The molecule has 1 N–H and O–H groups in total. The molecule has 0 saturated carbocycles. The van der Waals surface area contributed by atoms with Crippen LogP contribution in [0, 0.1) is 5.82 Å². The van der Waals surface area contributed by atoms with Gasteiger partial charge in [0.15, 0.2) is 5.75 Å². The van der Waals surface area contributed by atoms with Gasteiger partial charge in [0.2, 0.25) is 0 Å². The minimum absolute atomic E-state index is 0.311. The number of β-amino-alcohol motifs (C(OH)–C–C–N with tert-alkyl or cyclic N) is 1. The average molecular weight is 329 g/mol. The lowest BCUT2D eigenvalue weighted by Crippen LogP contribution is -2.29. The first kappa shape index (κ1) is 14.8. The lowest BCUT2D eigenvalue weighted by molar-refractivity contribution is 0.0737. The zero-order chi connectivity index (χ0) is 16.7. The monoisotopic (exact) mass is 329 g/mol. The van der Waals surface area contributed by atoms with E-state index in [2.05, 4.69) is 15.1 Å². The average Bonchev–Trinajstić information content (AvgIpc) is 3.14. The number of aryl methyl sites for hydroxylation is 1. The molecule has 1 aliphatic heterocycles. The second-order valence-electron chi connectivity index (χ2n) is 5.81. The van der Waals surface area contributed by atoms with Gasteiger partial charge in [0.05, 0.1) is 29.8 Å². The summed E-state index contributed by atoms with van der Waals surface area (Å²) in [5, 5.41) is 14.7. The summed E-state index contributed by atoms with van der Waals surface area (Å²) in [7, 11) is 1.79. The molecule has 24 heavy (non-hydrogen) atoms. The summed E-state index contributed by atoms with van der Waals surface area (Å²) in [6.45, 7) is 0.710. The van der Waals surface area contributed by atoms with Crippen molar-refractivity contribution in [1.29, 1.82) is 0 Å². The maximum atomic E-state index is 14.2. The van der Waals surface area contributed by atoms with Gasteiger partial charge >= 0.3 is 0 Å². The molecule has 1 aromatic carbocycles. The van der Waals surface area contributed by atoms with Crippen LogP contribution in [0.2, 0.25) is 0 Å². The Hall–Kier alpha value is -2.74. The van der Waals surface area contributed by atoms with Crippen molar-refractivity contribution in [3.63, 3.8) is 0 Å². The SMILES string of the molecule is Cn1cc(O[C@@H]2CN(c3ncnc4cccc(F)c34)C[C@H]2O)cn1. The van der Waals surface area contributed by atoms with Crippen LogP contribution >= 0.6 is 0 Å². The molecule has 3 aromatic rings. The van der Waals surface area contributed by atoms with Gasteiger partial charge in [0, 0.05) is 13.6 Å². The third-order valence-electron chi connectivity index (χ3n) is 4.10. The van der Waals surface area contributed by atoms with E-state index >= 15 is 0 Å². The summed E-state index contributed by atoms with van der Waals surface area (Å²) in [5.74, 6) is 0.672. The van der Waals surface area contributed by atoms with E-state index in [9.17, 15) is 9.50 Å². The third kappa shape index (κ3) is 2.54. The van der Waals surface area contributed by atoms with Crippen molar-refractivity contribution in [1.82, 2.24) is 19.7 Å².